The van der Waals surface area contributed by atoms with Crippen LogP contribution in [-0.2, 0) is 9.84 Å². The predicted octanol–water partition coefficient (Wildman–Crippen LogP) is 1.61. The minimum absolute atomic E-state index is 0.241. The van der Waals surface area contributed by atoms with Gasteiger partial charge in [-0.25, -0.2) is 12.8 Å². The van der Waals surface area contributed by atoms with Gasteiger partial charge in [0.25, 0.3) is 0 Å². The van der Waals surface area contributed by atoms with Gasteiger partial charge in [0.05, 0.1) is 11.4 Å². The van der Waals surface area contributed by atoms with Crippen LogP contribution in [0.2, 0.25) is 0 Å². The Hall–Kier alpha value is -0.980. The van der Waals surface area contributed by atoms with E-state index in [4.69, 9.17) is 0 Å². The Morgan fingerprint density at radius 1 is 1.35 bits per heavy atom. The highest BCUT2D eigenvalue weighted by Crippen LogP contribution is 2.18. The van der Waals surface area contributed by atoms with E-state index < -0.39 is 27.0 Å². The van der Waals surface area contributed by atoms with E-state index in [-0.39, 0.29) is 12.6 Å². The van der Waals surface area contributed by atoms with Crippen molar-refractivity contribution in [1.29, 1.82) is 0 Å². The van der Waals surface area contributed by atoms with E-state index >= 15 is 0 Å². The van der Waals surface area contributed by atoms with Crippen molar-refractivity contribution in [2.75, 3.05) is 19.8 Å². The second-order valence-corrected chi connectivity index (χ2v) is 7.69. The molecule has 0 radical (unpaired) electrons. The van der Waals surface area contributed by atoms with Crippen LogP contribution >= 0.6 is 0 Å². The van der Waals surface area contributed by atoms with Gasteiger partial charge in [0.15, 0.2) is 9.84 Å². The normalized spacial score (nSPS) is 16.9. The van der Waals surface area contributed by atoms with E-state index in [0.717, 1.165) is 0 Å². The van der Waals surface area contributed by atoms with Crippen molar-refractivity contribution in [1.82, 2.24) is 4.90 Å². The number of aliphatic hydroxyl groups excluding tert-OH is 1. The predicted molar refractivity (Wildman–Crippen MR) is 77.8 cm³/mol. The molecule has 0 amide bonds. The zero-order chi connectivity index (χ0) is 15.5. The van der Waals surface area contributed by atoms with Gasteiger partial charge < -0.3 is 5.11 Å². The third kappa shape index (κ3) is 4.54. The van der Waals surface area contributed by atoms with Crippen molar-refractivity contribution in [3.63, 3.8) is 0 Å². The molecular weight excluding hydrogens is 281 g/mol. The molecule has 3 unspecified atom stereocenters. The molecule has 0 saturated carbocycles. The lowest BCUT2D eigenvalue weighted by molar-refractivity contribution is 0.108. The molecule has 0 aromatic heterocycles. The molecule has 0 aliphatic heterocycles. The van der Waals surface area contributed by atoms with Crippen molar-refractivity contribution in [2.24, 2.45) is 0 Å². The number of likely N-dealkylation sites (N-methyl/N-ethyl adjacent to an activating group) is 1. The molecule has 1 aromatic rings. The lowest BCUT2D eigenvalue weighted by Gasteiger charge is -2.30. The number of benzene rings is 1. The maximum absolute atomic E-state index is 13.1. The fourth-order valence-corrected chi connectivity index (χ4v) is 2.90. The summed E-state index contributed by atoms with van der Waals surface area (Å²) in [7, 11) is -1.39. The van der Waals surface area contributed by atoms with E-state index in [1.54, 1.807) is 31.9 Å². The van der Waals surface area contributed by atoms with Crippen LogP contribution in [0.3, 0.4) is 0 Å². The van der Waals surface area contributed by atoms with Gasteiger partial charge in [-0.05, 0) is 38.6 Å². The van der Waals surface area contributed by atoms with Crippen LogP contribution in [0.15, 0.2) is 24.3 Å². The van der Waals surface area contributed by atoms with E-state index in [1.807, 2.05) is 0 Å². The molecule has 0 saturated heterocycles. The van der Waals surface area contributed by atoms with Crippen molar-refractivity contribution in [3.05, 3.63) is 35.6 Å². The van der Waals surface area contributed by atoms with Crippen LogP contribution in [-0.4, -0.2) is 49.6 Å². The topological polar surface area (TPSA) is 57.6 Å². The molecular formula is C14H22FNO3S. The smallest absolute Gasteiger partial charge is 0.151 e. The van der Waals surface area contributed by atoms with Gasteiger partial charge >= 0.3 is 0 Å². The highest BCUT2D eigenvalue weighted by Gasteiger charge is 2.26. The Labute approximate surface area is 120 Å². The summed E-state index contributed by atoms with van der Waals surface area (Å²) in [6.07, 6.45) is 0.343. The van der Waals surface area contributed by atoms with Crippen LogP contribution in [0.4, 0.5) is 4.39 Å². The van der Waals surface area contributed by atoms with Crippen molar-refractivity contribution >= 4 is 9.84 Å². The number of aliphatic hydroxyl groups is 1. The maximum atomic E-state index is 13.1. The largest absolute Gasteiger partial charge is 0.387 e. The van der Waals surface area contributed by atoms with Gasteiger partial charge in [-0.2, -0.15) is 0 Å². The fourth-order valence-electron chi connectivity index (χ4n) is 1.97. The molecule has 114 valence electrons. The molecule has 0 bridgehead atoms. The summed E-state index contributed by atoms with van der Waals surface area (Å²) in [5, 5.41) is 9.56. The van der Waals surface area contributed by atoms with Crippen LogP contribution in [0, 0.1) is 5.82 Å². The maximum Gasteiger partial charge on any atom is 0.151 e. The Balaban J connectivity index is 2.73. The molecule has 1 aromatic carbocycles. The van der Waals surface area contributed by atoms with Crippen LogP contribution < -0.4 is 0 Å². The molecule has 0 spiro atoms. The molecule has 0 heterocycles. The molecule has 4 nitrogen and oxygen atoms in total. The Bertz CT molecular complexity index is 547. The van der Waals surface area contributed by atoms with E-state index in [9.17, 15) is 17.9 Å². The van der Waals surface area contributed by atoms with Gasteiger partial charge in [-0.15, -0.1) is 0 Å². The highest BCUT2D eigenvalue weighted by atomic mass is 32.2. The summed E-state index contributed by atoms with van der Waals surface area (Å²) in [6, 6.07) is 5.54. The number of hydrogen-bond donors (Lipinski definition) is 1. The Kier molecular flexibility index (Phi) is 5.68. The first kappa shape index (κ1) is 17.1. The summed E-state index contributed by atoms with van der Waals surface area (Å²) in [5.41, 5.74) is 0.482. The van der Waals surface area contributed by atoms with Crippen molar-refractivity contribution in [2.45, 2.75) is 31.2 Å². The number of rotatable bonds is 6. The van der Waals surface area contributed by atoms with Gasteiger partial charge in [0, 0.05) is 18.8 Å². The zero-order valence-corrected chi connectivity index (χ0v) is 13.1. The number of hydrogen-bond acceptors (Lipinski definition) is 4. The fraction of sp³-hybridized carbons (Fsp3) is 0.571. The van der Waals surface area contributed by atoms with E-state index in [0.29, 0.717) is 5.56 Å². The molecule has 20 heavy (non-hydrogen) atoms. The second-order valence-electron chi connectivity index (χ2n) is 5.29. The summed E-state index contributed by atoms with van der Waals surface area (Å²) in [4.78, 5) is 1.77. The molecule has 0 fully saturated rings. The summed E-state index contributed by atoms with van der Waals surface area (Å²) in [6.45, 7) is 3.68. The molecule has 0 aliphatic rings. The average Bonchev–Trinajstić information content (AvgIpc) is 2.35. The number of nitrogens with zero attached hydrogens (tertiary/aromatic N) is 1. The zero-order valence-electron chi connectivity index (χ0n) is 12.2. The van der Waals surface area contributed by atoms with Gasteiger partial charge in [-0.1, -0.05) is 12.1 Å². The molecule has 1 N–H and O–H groups in total. The lowest BCUT2D eigenvalue weighted by atomic mass is 10.1. The molecule has 6 heteroatoms. The third-order valence-corrected chi connectivity index (χ3v) is 5.49. The van der Waals surface area contributed by atoms with Crippen molar-refractivity contribution in [3.8, 4) is 0 Å². The Morgan fingerprint density at radius 2 is 1.95 bits per heavy atom. The van der Waals surface area contributed by atoms with Crippen LogP contribution in [0.1, 0.15) is 25.5 Å². The first-order chi connectivity index (χ1) is 9.12. The SMILES string of the molecule is CC(C(C)S(C)(=O)=O)N(C)CC(O)c1cccc(F)c1. The van der Waals surface area contributed by atoms with Gasteiger partial charge in [0.2, 0.25) is 0 Å². The van der Waals surface area contributed by atoms with E-state index in [2.05, 4.69) is 0 Å². The quantitative estimate of drug-likeness (QED) is 0.867. The Morgan fingerprint density at radius 3 is 2.45 bits per heavy atom. The summed E-state index contributed by atoms with van der Waals surface area (Å²) < 4.78 is 36.2. The molecule has 1 rings (SSSR count). The lowest BCUT2D eigenvalue weighted by Crippen LogP contribution is -2.43. The first-order valence-electron chi connectivity index (χ1n) is 6.45. The van der Waals surface area contributed by atoms with Crippen LogP contribution in [0.5, 0.6) is 0 Å². The standard InChI is InChI=1S/C14H22FNO3S/c1-10(11(2)20(4,18)19)16(3)9-14(17)12-6-5-7-13(15)8-12/h5-8,10-11,14,17H,9H2,1-4H3. The van der Waals surface area contributed by atoms with Gasteiger partial charge in [0.1, 0.15) is 5.82 Å². The van der Waals surface area contributed by atoms with Crippen molar-refractivity contribution < 1.29 is 17.9 Å². The summed E-state index contributed by atoms with van der Waals surface area (Å²) in [5.74, 6) is -0.401. The number of sulfone groups is 1. The third-order valence-electron chi connectivity index (χ3n) is 3.74. The minimum atomic E-state index is -3.14. The van der Waals surface area contributed by atoms with E-state index in [1.165, 1.54) is 24.5 Å². The molecule has 3 atom stereocenters. The minimum Gasteiger partial charge on any atom is -0.387 e. The second kappa shape index (κ2) is 6.65. The van der Waals surface area contributed by atoms with Gasteiger partial charge in [-0.3, -0.25) is 4.90 Å². The highest BCUT2D eigenvalue weighted by molar-refractivity contribution is 7.91. The average molecular weight is 303 g/mol. The first-order valence-corrected chi connectivity index (χ1v) is 8.41. The van der Waals surface area contributed by atoms with Crippen LogP contribution in [0.25, 0.3) is 0 Å². The summed E-state index contributed by atoms with van der Waals surface area (Å²) >= 11 is 0. The monoisotopic (exact) mass is 303 g/mol. The number of halogens is 1. The molecule has 0 aliphatic carbocycles.